The summed E-state index contributed by atoms with van der Waals surface area (Å²) in [5.41, 5.74) is 3.14. The van der Waals surface area contributed by atoms with Crippen molar-refractivity contribution in [1.82, 2.24) is 0 Å². The van der Waals surface area contributed by atoms with Crippen LogP contribution in [0.4, 0.5) is 0 Å². The van der Waals surface area contributed by atoms with Crippen molar-refractivity contribution in [3.8, 4) is 0 Å². The Morgan fingerprint density at radius 2 is 1.18 bits per heavy atom. The van der Waals surface area contributed by atoms with Gasteiger partial charge in [0.25, 0.3) is 0 Å². The minimum absolute atomic E-state index is 0.719. The van der Waals surface area contributed by atoms with Gasteiger partial charge >= 0.3 is 0 Å². The summed E-state index contributed by atoms with van der Waals surface area (Å²) < 4.78 is 0. The fourth-order valence-electron chi connectivity index (χ4n) is 2.51. The Bertz CT molecular complexity index is 317. The Morgan fingerprint density at radius 3 is 1.53 bits per heavy atom. The van der Waals surface area contributed by atoms with E-state index in [1.807, 2.05) is 0 Å². The Hall–Kier alpha value is -0.129. The third kappa shape index (κ3) is 6.38. The Kier molecular flexibility index (Phi) is 4.98. The van der Waals surface area contributed by atoms with Crippen LogP contribution in [0.2, 0.25) is 50.6 Å². The Balaban J connectivity index is 2.87. The highest BCUT2D eigenvalue weighted by molar-refractivity contribution is 6.99. The number of hydrogen-bond acceptors (Lipinski definition) is 0. The zero-order valence-electron chi connectivity index (χ0n) is 12.4. The lowest BCUT2D eigenvalue weighted by atomic mass is 10.4. The molecule has 0 nitrogen and oxygen atoms in total. The molecule has 1 rings (SSSR count). The molecule has 0 unspecified atom stereocenters. The maximum Gasteiger partial charge on any atom is 0.0656 e. The average Bonchev–Trinajstić information content (AvgIpc) is 2.14. The monoisotopic (exact) mass is 280 g/mol. The summed E-state index contributed by atoms with van der Waals surface area (Å²) in [7, 11) is -2.56. The Labute approximate surface area is 111 Å². The maximum absolute atomic E-state index is 2.53. The van der Waals surface area contributed by atoms with Gasteiger partial charge < -0.3 is 0 Å². The third-order valence-electron chi connectivity index (χ3n) is 2.99. The largest absolute Gasteiger partial charge is 0.0698 e. The van der Waals surface area contributed by atoms with E-state index < -0.39 is 24.9 Å². The molecule has 0 fully saturated rings. The van der Waals surface area contributed by atoms with Gasteiger partial charge in [-0.25, -0.2) is 0 Å². The van der Waals surface area contributed by atoms with Crippen LogP contribution in [0, 0.1) is 0 Å². The molecule has 0 radical (unpaired) electrons. The summed E-state index contributed by atoms with van der Waals surface area (Å²) in [4.78, 5) is 0. The quantitative estimate of drug-likeness (QED) is 0.718. The SMILES string of the molecule is C[Si](C)(C)C[SiH](C[Si](C)(C)C)c1ccccc1. The lowest BCUT2D eigenvalue weighted by Crippen LogP contribution is -2.43. The van der Waals surface area contributed by atoms with Gasteiger partial charge in [0.2, 0.25) is 0 Å². The number of hydrogen-bond donors (Lipinski definition) is 0. The molecule has 0 amide bonds. The van der Waals surface area contributed by atoms with Gasteiger partial charge in [0.1, 0.15) is 0 Å². The van der Waals surface area contributed by atoms with Crippen LogP contribution in [0.3, 0.4) is 0 Å². The van der Waals surface area contributed by atoms with Gasteiger partial charge in [0, 0.05) is 16.1 Å². The number of benzene rings is 1. The first-order chi connectivity index (χ1) is 7.67. The third-order valence-corrected chi connectivity index (χ3v) is 18.1. The van der Waals surface area contributed by atoms with Crippen LogP contribution in [-0.4, -0.2) is 24.9 Å². The van der Waals surface area contributed by atoms with Crippen molar-refractivity contribution in [3.63, 3.8) is 0 Å². The second-order valence-corrected chi connectivity index (χ2v) is 23.2. The van der Waals surface area contributed by atoms with E-state index in [4.69, 9.17) is 0 Å². The molecule has 0 N–H and O–H groups in total. The molecule has 1 aromatic rings. The van der Waals surface area contributed by atoms with E-state index in [2.05, 4.69) is 69.6 Å². The van der Waals surface area contributed by atoms with Crippen LogP contribution < -0.4 is 5.19 Å². The summed E-state index contributed by atoms with van der Waals surface area (Å²) in [6.45, 7) is 15.2. The summed E-state index contributed by atoms with van der Waals surface area (Å²) in [6, 6.07) is 11.4. The van der Waals surface area contributed by atoms with Crippen LogP contribution >= 0.6 is 0 Å². The molecule has 0 saturated heterocycles. The molecule has 0 aromatic heterocycles. The molecule has 0 aliphatic rings. The van der Waals surface area contributed by atoms with Gasteiger partial charge in [0.05, 0.1) is 8.80 Å². The summed E-state index contributed by atoms with van der Waals surface area (Å²) >= 11 is 0. The predicted octanol–water partition coefficient (Wildman–Crippen LogP) is 3.88. The summed E-state index contributed by atoms with van der Waals surface area (Å²) in [5.74, 6) is 0. The van der Waals surface area contributed by atoms with E-state index in [-0.39, 0.29) is 0 Å². The van der Waals surface area contributed by atoms with Crippen molar-refractivity contribution >= 4 is 30.1 Å². The zero-order valence-corrected chi connectivity index (χ0v) is 15.5. The molecule has 0 aliphatic heterocycles. The lowest BCUT2D eigenvalue weighted by molar-refractivity contribution is 1.53. The van der Waals surface area contributed by atoms with Gasteiger partial charge in [-0.15, -0.1) is 0 Å². The van der Waals surface area contributed by atoms with E-state index in [9.17, 15) is 0 Å². The minimum Gasteiger partial charge on any atom is -0.0698 e. The minimum atomic E-state index is -0.919. The van der Waals surface area contributed by atoms with Crippen LogP contribution in [0.5, 0.6) is 0 Å². The van der Waals surface area contributed by atoms with Gasteiger partial charge in [-0.3, -0.25) is 0 Å². The highest BCUT2D eigenvalue weighted by Gasteiger charge is 2.27. The van der Waals surface area contributed by atoms with Crippen molar-refractivity contribution in [2.75, 3.05) is 0 Å². The van der Waals surface area contributed by atoms with Crippen LogP contribution in [0.15, 0.2) is 30.3 Å². The van der Waals surface area contributed by atoms with Gasteiger partial charge in [-0.1, -0.05) is 86.1 Å². The zero-order chi connectivity index (χ0) is 13.1. The highest BCUT2D eigenvalue weighted by atomic mass is 28.4. The van der Waals surface area contributed by atoms with Crippen LogP contribution in [0.1, 0.15) is 0 Å². The van der Waals surface area contributed by atoms with Crippen molar-refractivity contribution in [1.29, 1.82) is 0 Å². The van der Waals surface area contributed by atoms with Gasteiger partial charge in [0.15, 0.2) is 0 Å². The van der Waals surface area contributed by atoms with Crippen molar-refractivity contribution in [2.45, 2.75) is 50.6 Å². The average molecular weight is 281 g/mol. The van der Waals surface area contributed by atoms with Crippen molar-refractivity contribution in [2.24, 2.45) is 0 Å². The predicted molar refractivity (Wildman–Crippen MR) is 89.5 cm³/mol. The molecule has 0 saturated carbocycles. The fourth-order valence-corrected chi connectivity index (χ4v) is 18.9. The second-order valence-electron chi connectivity index (χ2n) is 7.64. The first-order valence-corrected chi connectivity index (χ1v) is 16.3. The highest BCUT2D eigenvalue weighted by Crippen LogP contribution is 2.19. The first kappa shape index (κ1) is 14.9. The molecular weight excluding hydrogens is 252 g/mol. The molecule has 0 atom stereocenters. The first-order valence-electron chi connectivity index (χ1n) is 6.72. The van der Waals surface area contributed by atoms with E-state index in [0.29, 0.717) is 0 Å². The van der Waals surface area contributed by atoms with E-state index >= 15 is 0 Å². The topological polar surface area (TPSA) is 0 Å². The van der Waals surface area contributed by atoms with Crippen molar-refractivity contribution in [3.05, 3.63) is 30.3 Å². The second kappa shape index (κ2) is 5.67. The van der Waals surface area contributed by atoms with E-state index in [1.54, 1.807) is 16.5 Å². The summed E-state index contributed by atoms with van der Waals surface area (Å²) in [5, 5.41) is 1.71. The van der Waals surface area contributed by atoms with Crippen LogP contribution in [-0.2, 0) is 0 Å². The molecule has 0 spiro atoms. The lowest BCUT2D eigenvalue weighted by Gasteiger charge is -2.28. The van der Waals surface area contributed by atoms with E-state index in [0.717, 1.165) is 0 Å². The fraction of sp³-hybridized carbons (Fsp3) is 0.571. The molecular formula is C14H28Si3. The standard InChI is InChI=1S/C14H28Si3/c1-16(2,3)12-15(13-17(4,5)6)14-10-8-7-9-11-14/h7-11,15H,12-13H2,1-6H3. The molecule has 0 bridgehead atoms. The van der Waals surface area contributed by atoms with Gasteiger partial charge in [-0.2, -0.15) is 0 Å². The smallest absolute Gasteiger partial charge is 0.0656 e. The number of rotatable bonds is 5. The maximum atomic E-state index is 2.53. The van der Waals surface area contributed by atoms with Gasteiger partial charge in [-0.05, 0) is 0 Å². The normalized spacial score (nSPS) is 13.1. The molecule has 1 aromatic carbocycles. The molecule has 3 heteroatoms. The van der Waals surface area contributed by atoms with Crippen LogP contribution in [0.25, 0.3) is 0 Å². The van der Waals surface area contributed by atoms with Crippen molar-refractivity contribution < 1.29 is 0 Å². The Morgan fingerprint density at radius 1 is 0.765 bits per heavy atom. The van der Waals surface area contributed by atoms with E-state index in [1.165, 1.54) is 0 Å². The molecule has 96 valence electrons. The molecule has 0 aliphatic carbocycles. The summed E-state index contributed by atoms with van der Waals surface area (Å²) in [6.07, 6.45) is 0. The molecule has 0 heterocycles. The molecule has 17 heavy (non-hydrogen) atoms.